The van der Waals surface area contributed by atoms with Crippen molar-refractivity contribution in [3.63, 3.8) is 0 Å². The minimum Gasteiger partial charge on any atom is -0.349 e. The molecule has 1 aromatic rings. The van der Waals surface area contributed by atoms with E-state index in [9.17, 15) is 4.79 Å². The number of amides is 1. The average molecular weight is 325 g/mol. The zero-order chi connectivity index (χ0) is 13.8. The average Bonchev–Trinajstić information content (AvgIpc) is 2.87. The highest BCUT2D eigenvalue weighted by Gasteiger charge is 2.32. The van der Waals surface area contributed by atoms with E-state index in [-0.39, 0.29) is 17.9 Å². The third-order valence-corrected chi connectivity index (χ3v) is 4.50. The molecule has 0 aromatic heterocycles. The highest BCUT2D eigenvalue weighted by atomic mass is 79.9. The van der Waals surface area contributed by atoms with Crippen LogP contribution in [0.1, 0.15) is 37.8 Å². The van der Waals surface area contributed by atoms with Crippen LogP contribution in [0.25, 0.3) is 0 Å². The summed E-state index contributed by atoms with van der Waals surface area (Å²) in [7, 11) is 0. The Morgan fingerprint density at radius 1 is 1.53 bits per heavy atom. The minimum atomic E-state index is 0.0315. The zero-order valence-corrected chi connectivity index (χ0v) is 12.8. The molecular formula is C15H21BrN2O. The van der Waals surface area contributed by atoms with Crippen molar-refractivity contribution in [2.24, 2.45) is 17.6 Å². The molecule has 0 radical (unpaired) electrons. The molecule has 0 aliphatic heterocycles. The second-order valence-electron chi connectivity index (χ2n) is 5.32. The van der Waals surface area contributed by atoms with Gasteiger partial charge in [0.2, 0.25) is 5.91 Å². The standard InChI is InChI=1S/C15H21BrN2O/c1-10(11-4-2-6-13(16)8-11)18-15(19)14-7-3-5-12(14)9-17/h2,4,6,8,10,12,14H,3,5,7,9,17H2,1H3,(H,18,19)/t10-,12?,14?/m1/s1. The van der Waals surface area contributed by atoms with Crippen LogP contribution in [0.3, 0.4) is 0 Å². The molecule has 104 valence electrons. The number of carbonyl (C=O) groups excluding carboxylic acids is 1. The highest BCUT2D eigenvalue weighted by Crippen LogP contribution is 2.31. The Morgan fingerprint density at radius 3 is 3.00 bits per heavy atom. The van der Waals surface area contributed by atoms with Crippen LogP contribution in [0.15, 0.2) is 28.7 Å². The van der Waals surface area contributed by atoms with Crippen molar-refractivity contribution in [3.05, 3.63) is 34.3 Å². The maximum atomic E-state index is 12.3. The van der Waals surface area contributed by atoms with Gasteiger partial charge in [-0.25, -0.2) is 0 Å². The number of nitrogens with one attached hydrogen (secondary N) is 1. The second kappa shape index (κ2) is 6.53. The van der Waals surface area contributed by atoms with E-state index in [0.29, 0.717) is 12.5 Å². The van der Waals surface area contributed by atoms with Crippen LogP contribution in [0.5, 0.6) is 0 Å². The van der Waals surface area contributed by atoms with Gasteiger partial charge >= 0.3 is 0 Å². The van der Waals surface area contributed by atoms with E-state index in [2.05, 4.69) is 21.2 Å². The fraction of sp³-hybridized carbons (Fsp3) is 0.533. The number of halogens is 1. The normalized spacial score (nSPS) is 24.2. The van der Waals surface area contributed by atoms with Crippen LogP contribution in [-0.4, -0.2) is 12.5 Å². The Hall–Kier alpha value is -0.870. The van der Waals surface area contributed by atoms with E-state index >= 15 is 0 Å². The molecule has 0 saturated heterocycles. The summed E-state index contributed by atoms with van der Waals surface area (Å²) in [6, 6.07) is 8.08. The maximum Gasteiger partial charge on any atom is 0.223 e. The summed E-state index contributed by atoms with van der Waals surface area (Å²) in [5, 5.41) is 3.11. The quantitative estimate of drug-likeness (QED) is 0.894. The lowest BCUT2D eigenvalue weighted by molar-refractivity contribution is -0.126. The van der Waals surface area contributed by atoms with Gasteiger partial charge < -0.3 is 11.1 Å². The molecule has 1 amide bonds. The van der Waals surface area contributed by atoms with Crippen molar-refractivity contribution < 1.29 is 4.79 Å². The van der Waals surface area contributed by atoms with Crippen molar-refractivity contribution in [3.8, 4) is 0 Å². The molecule has 1 aromatic carbocycles. The van der Waals surface area contributed by atoms with Crippen molar-refractivity contribution in [1.29, 1.82) is 0 Å². The van der Waals surface area contributed by atoms with E-state index in [1.165, 1.54) is 0 Å². The molecule has 0 spiro atoms. The Morgan fingerprint density at radius 2 is 2.32 bits per heavy atom. The summed E-state index contributed by atoms with van der Waals surface area (Å²) < 4.78 is 1.03. The lowest BCUT2D eigenvalue weighted by Crippen LogP contribution is -2.36. The van der Waals surface area contributed by atoms with Crippen molar-refractivity contribution in [1.82, 2.24) is 5.32 Å². The first-order valence-corrected chi connectivity index (χ1v) is 7.67. The van der Waals surface area contributed by atoms with Gasteiger partial charge in [-0.05, 0) is 49.9 Å². The van der Waals surface area contributed by atoms with Gasteiger partial charge in [0.05, 0.1) is 6.04 Å². The molecule has 1 fully saturated rings. The molecule has 2 unspecified atom stereocenters. The largest absolute Gasteiger partial charge is 0.349 e. The van der Waals surface area contributed by atoms with E-state index < -0.39 is 0 Å². The fourth-order valence-electron chi connectivity index (χ4n) is 2.84. The second-order valence-corrected chi connectivity index (χ2v) is 6.23. The van der Waals surface area contributed by atoms with E-state index in [1.807, 2.05) is 31.2 Å². The molecule has 3 nitrogen and oxygen atoms in total. The molecule has 1 saturated carbocycles. The Labute approximate surface area is 123 Å². The third-order valence-electron chi connectivity index (χ3n) is 4.01. The first-order valence-electron chi connectivity index (χ1n) is 6.87. The van der Waals surface area contributed by atoms with Gasteiger partial charge in [-0.15, -0.1) is 0 Å². The lowest BCUT2D eigenvalue weighted by atomic mass is 9.95. The number of carbonyl (C=O) groups is 1. The maximum absolute atomic E-state index is 12.3. The van der Waals surface area contributed by atoms with Gasteiger partial charge in [0.1, 0.15) is 0 Å². The van der Waals surface area contributed by atoms with Gasteiger partial charge in [-0.3, -0.25) is 4.79 Å². The number of benzene rings is 1. The summed E-state index contributed by atoms with van der Waals surface area (Å²) in [6.07, 6.45) is 3.17. The van der Waals surface area contributed by atoms with Crippen LogP contribution in [0.2, 0.25) is 0 Å². The molecule has 4 heteroatoms. The van der Waals surface area contributed by atoms with Crippen LogP contribution < -0.4 is 11.1 Å². The molecule has 0 bridgehead atoms. The molecule has 3 atom stereocenters. The SMILES string of the molecule is C[C@@H](NC(=O)C1CCCC1CN)c1cccc(Br)c1. The molecule has 3 N–H and O–H groups in total. The number of nitrogens with two attached hydrogens (primary N) is 1. The van der Waals surface area contributed by atoms with E-state index in [1.54, 1.807) is 0 Å². The molecule has 19 heavy (non-hydrogen) atoms. The van der Waals surface area contributed by atoms with Crippen LogP contribution >= 0.6 is 15.9 Å². The first-order chi connectivity index (χ1) is 9.11. The lowest BCUT2D eigenvalue weighted by Gasteiger charge is -2.21. The van der Waals surface area contributed by atoms with Gasteiger partial charge in [0, 0.05) is 10.4 Å². The molecule has 1 aliphatic rings. The Kier molecular flexibility index (Phi) is 4.99. The van der Waals surface area contributed by atoms with Crippen molar-refractivity contribution in [2.45, 2.75) is 32.2 Å². The van der Waals surface area contributed by atoms with Crippen LogP contribution in [0, 0.1) is 11.8 Å². The molecular weight excluding hydrogens is 304 g/mol. The summed E-state index contributed by atoms with van der Waals surface area (Å²) in [5.74, 6) is 0.606. The summed E-state index contributed by atoms with van der Waals surface area (Å²) in [5.41, 5.74) is 6.85. The van der Waals surface area contributed by atoms with Gasteiger partial charge in [-0.2, -0.15) is 0 Å². The molecule has 1 aliphatic carbocycles. The fourth-order valence-corrected chi connectivity index (χ4v) is 3.26. The smallest absolute Gasteiger partial charge is 0.223 e. The zero-order valence-electron chi connectivity index (χ0n) is 11.2. The van der Waals surface area contributed by atoms with Crippen LogP contribution in [-0.2, 0) is 4.79 Å². The summed E-state index contributed by atoms with van der Waals surface area (Å²) in [4.78, 5) is 12.3. The van der Waals surface area contributed by atoms with Gasteiger partial charge in [0.15, 0.2) is 0 Å². The van der Waals surface area contributed by atoms with Gasteiger partial charge in [0.25, 0.3) is 0 Å². The van der Waals surface area contributed by atoms with Gasteiger partial charge in [-0.1, -0.05) is 34.5 Å². The van der Waals surface area contributed by atoms with E-state index in [4.69, 9.17) is 5.73 Å². The predicted octanol–water partition coefficient (Wildman–Crippen LogP) is 3.00. The minimum absolute atomic E-state index is 0.0315. The number of hydrogen-bond donors (Lipinski definition) is 2. The highest BCUT2D eigenvalue weighted by molar-refractivity contribution is 9.10. The van der Waals surface area contributed by atoms with Crippen LogP contribution in [0.4, 0.5) is 0 Å². The summed E-state index contributed by atoms with van der Waals surface area (Å²) in [6.45, 7) is 2.63. The third kappa shape index (κ3) is 3.57. The number of rotatable bonds is 4. The first kappa shape index (κ1) is 14.5. The topological polar surface area (TPSA) is 55.1 Å². The Balaban J connectivity index is 1.98. The Bertz CT molecular complexity index is 450. The molecule has 0 heterocycles. The van der Waals surface area contributed by atoms with Crippen molar-refractivity contribution in [2.75, 3.05) is 6.54 Å². The summed E-state index contributed by atoms with van der Waals surface area (Å²) >= 11 is 3.45. The number of hydrogen-bond acceptors (Lipinski definition) is 2. The monoisotopic (exact) mass is 324 g/mol. The van der Waals surface area contributed by atoms with E-state index in [0.717, 1.165) is 29.3 Å². The predicted molar refractivity (Wildman–Crippen MR) is 80.6 cm³/mol. The van der Waals surface area contributed by atoms with Crippen molar-refractivity contribution >= 4 is 21.8 Å². The molecule has 2 rings (SSSR count).